The molecule has 0 N–H and O–H groups in total. The molecule has 0 radical (unpaired) electrons. The van der Waals surface area contributed by atoms with E-state index in [1.54, 1.807) is 0 Å². The Morgan fingerprint density at radius 3 is 2.38 bits per heavy atom. The molecule has 2 bridgehead atoms. The van der Waals surface area contributed by atoms with Gasteiger partial charge in [0, 0.05) is 17.2 Å². The highest BCUT2D eigenvalue weighted by molar-refractivity contribution is 5.99. The van der Waals surface area contributed by atoms with Gasteiger partial charge in [0.05, 0.1) is 5.41 Å². The number of rotatable bonds is 2. The summed E-state index contributed by atoms with van der Waals surface area (Å²) < 4.78 is 5.87. The van der Waals surface area contributed by atoms with Crippen LogP contribution in [0.15, 0.2) is 42.5 Å². The van der Waals surface area contributed by atoms with E-state index in [0.29, 0.717) is 12.2 Å². The lowest BCUT2D eigenvalue weighted by molar-refractivity contribution is -0.151. The molecule has 2 aliphatic carbocycles. The lowest BCUT2D eigenvalue weighted by Crippen LogP contribution is -2.42. The zero-order valence-electron chi connectivity index (χ0n) is 14.4. The number of Topliss-reactive ketones (excluding diaryl/α,β-unsaturated/α-hetero) is 1. The second kappa shape index (κ2) is 4.69. The molecule has 2 aliphatic rings. The Kier molecular flexibility index (Phi) is 3.00. The van der Waals surface area contributed by atoms with Gasteiger partial charge in [-0.25, -0.2) is 0 Å². The minimum absolute atomic E-state index is 0.202. The van der Waals surface area contributed by atoms with E-state index in [1.807, 2.05) is 49.4 Å². The summed E-state index contributed by atoms with van der Waals surface area (Å²) in [5, 5.41) is 1.96. The normalized spacial score (nSPS) is 30.7. The van der Waals surface area contributed by atoms with Crippen molar-refractivity contribution in [1.29, 1.82) is 0 Å². The predicted molar refractivity (Wildman–Crippen MR) is 92.8 cm³/mol. The summed E-state index contributed by atoms with van der Waals surface area (Å²) in [5.74, 6) is 0.531. The number of hydrogen-bond donors (Lipinski definition) is 0. The fourth-order valence-electron chi connectivity index (χ4n) is 4.79. The van der Waals surface area contributed by atoms with Crippen molar-refractivity contribution in [2.75, 3.05) is 0 Å². The Morgan fingerprint density at radius 1 is 1.00 bits per heavy atom. The Hall–Kier alpha value is -2.16. The topological polar surface area (TPSA) is 43.4 Å². The van der Waals surface area contributed by atoms with Crippen LogP contribution in [-0.4, -0.2) is 11.8 Å². The quantitative estimate of drug-likeness (QED) is 0.602. The summed E-state index contributed by atoms with van der Waals surface area (Å²) in [5.41, 5.74) is -1.49. The van der Waals surface area contributed by atoms with Gasteiger partial charge in [0.15, 0.2) is 0 Å². The van der Waals surface area contributed by atoms with Gasteiger partial charge in [0.25, 0.3) is 0 Å². The number of esters is 1. The van der Waals surface area contributed by atoms with Crippen LogP contribution in [0.3, 0.4) is 0 Å². The number of fused-ring (bicyclic) bond motifs is 3. The van der Waals surface area contributed by atoms with Gasteiger partial charge in [0.2, 0.25) is 0 Å². The van der Waals surface area contributed by atoms with Gasteiger partial charge in [-0.1, -0.05) is 57.2 Å². The van der Waals surface area contributed by atoms with Crippen LogP contribution in [0.2, 0.25) is 0 Å². The maximum absolute atomic E-state index is 13.2. The first-order valence-electron chi connectivity index (χ1n) is 8.55. The first kappa shape index (κ1) is 15.4. The summed E-state index contributed by atoms with van der Waals surface area (Å²) in [7, 11) is 0. The molecule has 2 aromatic carbocycles. The Balaban J connectivity index is 1.74. The van der Waals surface area contributed by atoms with Crippen molar-refractivity contribution >= 4 is 22.5 Å². The van der Waals surface area contributed by atoms with Crippen LogP contribution in [0.5, 0.6) is 5.75 Å². The van der Waals surface area contributed by atoms with Gasteiger partial charge in [-0.3, -0.25) is 9.59 Å². The molecule has 2 atom stereocenters. The van der Waals surface area contributed by atoms with Crippen molar-refractivity contribution in [2.45, 2.75) is 40.0 Å². The lowest BCUT2D eigenvalue weighted by atomic mass is 9.65. The molecule has 0 aliphatic heterocycles. The average Bonchev–Trinajstić information content (AvgIpc) is 2.85. The van der Waals surface area contributed by atoms with Gasteiger partial charge in [0.1, 0.15) is 11.5 Å². The maximum Gasteiger partial charge on any atom is 0.318 e. The van der Waals surface area contributed by atoms with Crippen molar-refractivity contribution in [1.82, 2.24) is 0 Å². The number of hydrogen-bond acceptors (Lipinski definition) is 3. The van der Waals surface area contributed by atoms with Crippen molar-refractivity contribution in [3.8, 4) is 5.75 Å². The number of ether oxygens (including phenoxy) is 1. The van der Waals surface area contributed by atoms with E-state index < -0.39 is 10.8 Å². The molecule has 124 valence electrons. The summed E-state index contributed by atoms with van der Waals surface area (Å²) in [6, 6.07) is 13.6. The predicted octanol–water partition coefficient (Wildman–Crippen LogP) is 4.53. The molecule has 3 heteroatoms. The molecule has 2 saturated carbocycles. The van der Waals surface area contributed by atoms with Crippen LogP contribution in [0, 0.1) is 16.2 Å². The fraction of sp³-hybridized carbons (Fsp3) is 0.429. The smallest absolute Gasteiger partial charge is 0.318 e. The third-order valence-corrected chi connectivity index (χ3v) is 7.05. The van der Waals surface area contributed by atoms with Crippen LogP contribution >= 0.6 is 0 Å². The molecule has 2 fully saturated rings. The van der Waals surface area contributed by atoms with E-state index in [0.717, 1.165) is 23.6 Å². The Labute approximate surface area is 142 Å². The maximum atomic E-state index is 13.2. The molecule has 4 rings (SSSR count). The van der Waals surface area contributed by atoms with Crippen LogP contribution in [0.4, 0.5) is 0 Å². The van der Waals surface area contributed by atoms with Gasteiger partial charge < -0.3 is 4.74 Å². The van der Waals surface area contributed by atoms with Crippen molar-refractivity contribution in [3.05, 3.63) is 42.5 Å². The minimum Gasteiger partial charge on any atom is -0.425 e. The highest BCUT2D eigenvalue weighted by atomic mass is 16.5. The largest absolute Gasteiger partial charge is 0.425 e. The van der Waals surface area contributed by atoms with E-state index in [-0.39, 0.29) is 17.2 Å². The number of benzene rings is 2. The van der Waals surface area contributed by atoms with E-state index in [9.17, 15) is 9.59 Å². The fourth-order valence-corrected chi connectivity index (χ4v) is 4.79. The van der Waals surface area contributed by atoms with Gasteiger partial charge in [-0.15, -0.1) is 0 Å². The van der Waals surface area contributed by atoms with Gasteiger partial charge in [-0.05, 0) is 29.7 Å². The summed E-state index contributed by atoms with van der Waals surface area (Å²) in [4.78, 5) is 25.7. The number of carbonyl (C=O) groups excluding carboxylic acids is 2. The molecular formula is C21H22O3. The lowest BCUT2D eigenvalue weighted by Gasteiger charge is -2.37. The second-order valence-corrected chi connectivity index (χ2v) is 8.01. The van der Waals surface area contributed by atoms with E-state index in [2.05, 4.69) is 13.8 Å². The third-order valence-electron chi connectivity index (χ3n) is 7.05. The van der Waals surface area contributed by atoms with Crippen molar-refractivity contribution in [3.63, 3.8) is 0 Å². The summed E-state index contributed by atoms with van der Waals surface area (Å²) >= 11 is 0. The molecule has 0 saturated heterocycles. The first-order valence-corrected chi connectivity index (χ1v) is 8.55. The molecule has 0 amide bonds. The minimum atomic E-state index is -0.699. The van der Waals surface area contributed by atoms with Crippen molar-refractivity contribution < 1.29 is 14.3 Å². The number of ketones is 1. The molecule has 3 nitrogen and oxygen atoms in total. The summed E-state index contributed by atoms with van der Waals surface area (Å²) in [6.07, 6.45) is 1.80. The van der Waals surface area contributed by atoms with Crippen molar-refractivity contribution in [2.24, 2.45) is 16.2 Å². The van der Waals surface area contributed by atoms with Crippen LogP contribution in [0.1, 0.15) is 40.0 Å². The van der Waals surface area contributed by atoms with E-state index in [1.165, 1.54) is 0 Å². The third kappa shape index (κ3) is 1.68. The molecule has 0 aromatic heterocycles. The van der Waals surface area contributed by atoms with E-state index >= 15 is 0 Å². The van der Waals surface area contributed by atoms with Crippen LogP contribution < -0.4 is 4.74 Å². The van der Waals surface area contributed by atoms with Gasteiger partial charge >= 0.3 is 5.97 Å². The summed E-state index contributed by atoms with van der Waals surface area (Å²) in [6.45, 7) is 6.11. The molecule has 0 spiro atoms. The average molecular weight is 322 g/mol. The zero-order valence-corrected chi connectivity index (χ0v) is 14.4. The molecule has 24 heavy (non-hydrogen) atoms. The standard InChI is InChI=1S/C21H22O3/c1-19(2)20(3)11-12-21(19,13-17(20)22)18(23)24-16-10-6-8-14-7-4-5-9-15(14)16/h4-10H,11-13H2,1-3H3. The van der Waals surface area contributed by atoms with Gasteiger partial charge in [-0.2, -0.15) is 0 Å². The Bertz CT molecular complexity index is 861. The molecule has 2 unspecified atom stereocenters. The monoisotopic (exact) mass is 322 g/mol. The first-order chi connectivity index (χ1) is 11.3. The SMILES string of the molecule is CC12CCC(C(=O)Oc3cccc4ccccc34)(CC1=O)C2(C)C. The van der Waals surface area contributed by atoms with Crippen LogP contribution in [-0.2, 0) is 9.59 Å². The molecular weight excluding hydrogens is 300 g/mol. The number of carbonyl (C=O) groups is 2. The van der Waals surface area contributed by atoms with E-state index in [4.69, 9.17) is 4.74 Å². The molecule has 0 heterocycles. The highest BCUT2D eigenvalue weighted by Gasteiger charge is 2.73. The zero-order chi connectivity index (χ0) is 17.2. The second-order valence-electron chi connectivity index (χ2n) is 8.01. The highest BCUT2D eigenvalue weighted by Crippen LogP contribution is 2.70. The molecule has 2 aromatic rings. The Morgan fingerprint density at radius 2 is 1.71 bits per heavy atom. The van der Waals surface area contributed by atoms with Crippen LogP contribution in [0.25, 0.3) is 10.8 Å².